The van der Waals surface area contributed by atoms with Crippen molar-refractivity contribution in [3.05, 3.63) is 35.7 Å². The van der Waals surface area contributed by atoms with Crippen LogP contribution in [0.3, 0.4) is 0 Å². The number of hydrogen-bond donors (Lipinski definition) is 1. The highest BCUT2D eigenvalue weighted by Gasteiger charge is 2.17. The molecule has 2 heterocycles. The van der Waals surface area contributed by atoms with Crippen molar-refractivity contribution in [2.75, 3.05) is 52.5 Å². The molecule has 2 aromatic rings. The van der Waals surface area contributed by atoms with E-state index in [1.165, 1.54) is 13.2 Å². The summed E-state index contributed by atoms with van der Waals surface area (Å²) in [5, 5.41) is 2.77. The summed E-state index contributed by atoms with van der Waals surface area (Å²) in [6, 6.07) is 5.60. The van der Waals surface area contributed by atoms with E-state index in [1.807, 2.05) is 11.0 Å². The minimum atomic E-state index is -0.280. The van der Waals surface area contributed by atoms with E-state index in [4.69, 9.17) is 18.9 Å². The van der Waals surface area contributed by atoms with Gasteiger partial charge in [0.15, 0.2) is 17.3 Å². The van der Waals surface area contributed by atoms with E-state index in [0.717, 1.165) is 5.56 Å². The first-order chi connectivity index (χ1) is 14.6. The smallest absolute Gasteiger partial charge is 0.321 e. The maximum Gasteiger partial charge on any atom is 0.321 e. The maximum absolute atomic E-state index is 12.2. The third-order valence-corrected chi connectivity index (χ3v) is 4.38. The lowest BCUT2D eigenvalue weighted by Gasteiger charge is -2.26. The predicted octanol–water partition coefficient (Wildman–Crippen LogP) is 1.06. The average Bonchev–Trinajstić information content (AvgIpc) is 2.81. The van der Waals surface area contributed by atoms with Crippen LogP contribution >= 0.6 is 0 Å². The number of aromatic nitrogens is 3. The molecule has 30 heavy (non-hydrogen) atoms. The predicted molar refractivity (Wildman–Crippen MR) is 110 cm³/mol. The van der Waals surface area contributed by atoms with Crippen molar-refractivity contribution >= 4 is 17.9 Å². The summed E-state index contributed by atoms with van der Waals surface area (Å²) >= 11 is 0. The highest BCUT2D eigenvalue weighted by Crippen LogP contribution is 2.27. The zero-order chi connectivity index (χ0) is 21.3. The fourth-order valence-corrected chi connectivity index (χ4v) is 2.81. The first kappa shape index (κ1) is 21.3. The molecule has 0 radical (unpaired) electrons. The molecule has 0 aliphatic carbocycles. The van der Waals surface area contributed by atoms with Crippen LogP contribution < -0.4 is 24.4 Å². The van der Waals surface area contributed by atoms with Gasteiger partial charge in [-0.15, -0.1) is 0 Å². The van der Waals surface area contributed by atoms with Crippen molar-refractivity contribution in [3.8, 4) is 17.5 Å². The van der Waals surface area contributed by atoms with Crippen molar-refractivity contribution in [2.45, 2.75) is 6.54 Å². The van der Waals surface area contributed by atoms with Gasteiger partial charge in [-0.05, 0) is 23.8 Å². The normalized spacial score (nSPS) is 13.9. The molecule has 10 heteroatoms. The lowest BCUT2D eigenvalue weighted by Crippen LogP contribution is -2.37. The topological polar surface area (TPSA) is 108 Å². The minimum Gasteiger partial charge on any atom is -0.493 e. The van der Waals surface area contributed by atoms with Crippen molar-refractivity contribution in [2.24, 2.45) is 0 Å². The highest BCUT2D eigenvalue weighted by atomic mass is 16.5. The second-order valence-corrected chi connectivity index (χ2v) is 6.30. The Balaban J connectivity index is 1.63. The van der Waals surface area contributed by atoms with Gasteiger partial charge in [-0.1, -0.05) is 6.07 Å². The van der Waals surface area contributed by atoms with Crippen LogP contribution in [0.15, 0.2) is 24.3 Å². The van der Waals surface area contributed by atoms with Crippen LogP contribution in [0.4, 0.5) is 5.95 Å². The second-order valence-electron chi connectivity index (χ2n) is 6.30. The number of benzene rings is 1. The van der Waals surface area contributed by atoms with E-state index < -0.39 is 0 Å². The number of methoxy groups -OCH3 is 3. The van der Waals surface area contributed by atoms with Gasteiger partial charge in [-0.2, -0.15) is 15.0 Å². The van der Waals surface area contributed by atoms with Crippen molar-refractivity contribution in [1.29, 1.82) is 0 Å². The van der Waals surface area contributed by atoms with Crippen molar-refractivity contribution in [3.63, 3.8) is 0 Å². The molecule has 1 fully saturated rings. The number of anilines is 1. The monoisotopic (exact) mass is 415 g/mol. The molecule has 1 aromatic carbocycles. The molecule has 0 saturated carbocycles. The summed E-state index contributed by atoms with van der Waals surface area (Å²) in [6.45, 7) is 2.74. The van der Waals surface area contributed by atoms with Crippen LogP contribution in [0.5, 0.6) is 17.5 Å². The average molecular weight is 415 g/mol. The summed E-state index contributed by atoms with van der Waals surface area (Å²) < 4.78 is 21.0. The number of nitrogens with zero attached hydrogens (tertiary/aromatic N) is 4. The molecule has 1 N–H and O–H groups in total. The Hall–Kier alpha value is -3.40. The highest BCUT2D eigenvalue weighted by molar-refractivity contribution is 5.91. The van der Waals surface area contributed by atoms with E-state index >= 15 is 0 Å². The zero-order valence-corrected chi connectivity index (χ0v) is 17.3. The van der Waals surface area contributed by atoms with Gasteiger partial charge in [0.25, 0.3) is 0 Å². The lowest BCUT2D eigenvalue weighted by atomic mass is 10.2. The van der Waals surface area contributed by atoms with Gasteiger partial charge in [0.05, 0.1) is 41.1 Å². The number of ether oxygens (including phenoxy) is 4. The van der Waals surface area contributed by atoms with E-state index in [2.05, 4.69) is 20.3 Å². The summed E-state index contributed by atoms with van der Waals surface area (Å²) in [7, 11) is 4.63. The lowest BCUT2D eigenvalue weighted by molar-refractivity contribution is -0.116. The van der Waals surface area contributed by atoms with Gasteiger partial charge in [0, 0.05) is 19.2 Å². The molecule has 0 bridgehead atoms. The fourth-order valence-electron chi connectivity index (χ4n) is 2.81. The van der Waals surface area contributed by atoms with Gasteiger partial charge in [-0.25, -0.2) is 0 Å². The molecule has 1 aliphatic heterocycles. The molecule has 1 aromatic heterocycles. The molecule has 10 nitrogen and oxygen atoms in total. The standard InChI is InChI=1S/C20H25N5O5/c1-27-15-6-4-14(12-16(15)28-2)5-7-18(26)21-13-17-22-19(24-20(23-17)29-3)25-8-10-30-11-9-25/h4-7,12H,8-11,13H2,1-3H3,(H,21,26)/b7-5+. The quantitative estimate of drug-likeness (QED) is 0.633. The molecule has 160 valence electrons. The Bertz CT molecular complexity index is 899. The Morgan fingerprint density at radius 3 is 2.57 bits per heavy atom. The van der Waals surface area contributed by atoms with E-state index in [0.29, 0.717) is 49.6 Å². The minimum absolute atomic E-state index is 0.144. The number of rotatable bonds is 8. The van der Waals surface area contributed by atoms with Crippen LogP contribution in [0.25, 0.3) is 6.08 Å². The molecular formula is C20H25N5O5. The van der Waals surface area contributed by atoms with Crippen LogP contribution in [0.2, 0.25) is 0 Å². The van der Waals surface area contributed by atoms with E-state index in [9.17, 15) is 4.79 Å². The van der Waals surface area contributed by atoms with Gasteiger partial charge in [-0.3, -0.25) is 4.79 Å². The number of morpholine rings is 1. The molecule has 1 aliphatic rings. The largest absolute Gasteiger partial charge is 0.493 e. The molecular weight excluding hydrogens is 390 g/mol. The van der Waals surface area contributed by atoms with Gasteiger partial charge in [0.1, 0.15) is 0 Å². The van der Waals surface area contributed by atoms with Gasteiger partial charge in [0.2, 0.25) is 11.9 Å². The van der Waals surface area contributed by atoms with Crippen LogP contribution in [0, 0.1) is 0 Å². The second kappa shape index (κ2) is 10.4. The Kier molecular flexibility index (Phi) is 7.39. The molecule has 1 saturated heterocycles. The van der Waals surface area contributed by atoms with Gasteiger partial charge < -0.3 is 29.2 Å². The molecule has 0 atom stereocenters. The number of carbonyl (C=O) groups excluding carboxylic acids is 1. The van der Waals surface area contributed by atoms with E-state index in [-0.39, 0.29) is 18.5 Å². The first-order valence-electron chi connectivity index (χ1n) is 9.42. The number of amides is 1. The Morgan fingerprint density at radius 1 is 1.10 bits per heavy atom. The third-order valence-electron chi connectivity index (χ3n) is 4.38. The first-order valence-corrected chi connectivity index (χ1v) is 9.42. The van der Waals surface area contributed by atoms with Crippen LogP contribution in [-0.2, 0) is 16.1 Å². The summed E-state index contributed by atoms with van der Waals surface area (Å²) in [4.78, 5) is 27.2. The van der Waals surface area contributed by atoms with Crippen molar-refractivity contribution in [1.82, 2.24) is 20.3 Å². The van der Waals surface area contributed by atoms with Crippen LogP contribution in [-0.4, -0.2) is 68.5 Å². The Morgan fingerprint density at radius 2 is 1.87 bits per heavy atom. The van der Waals surface area contributed by atoms with E-state index in [1.54, 1.807) is 32.4 Å². The Labute approximate surface area is 174 Å². The van der Waals surface area contributed by atoms with Gasteiger partial charge >= 0.3 is 6.01 Å². The summed E-state index contributed by atoms with van der Waals surface area (Å²) in [6.07, 6.45) is 3.12. The maximum atomic E-state index is 12.2. The van der Waals surface area contributed by atoms with Crippen molar-refractivity contribution < 1.29 is 23.7 Å². The molecule has 0 spiro atoms. The number of nitrogens with one attached hydrogen (secondary N) is 1. The summed E-state index contributed by atoms with van der Waals surface area (Å²) in [5.74, 6) is 1.86. The molecule has 3 rings (SSSR count). The van der Waals surface area contributed by atoms with Crippen LogP contribution in [0.1, 0.15) is 11.4 Å². The fraction of sp³-hybridized carbons (Fsp3) is 0.400. The molecule has 0 unspecified atom stereocenters. The SMILES string of the molecule is COc1nc(CNC(=O)/C=C/c2ccc(OC)c(OC)c2)nc(N2CCOCC2)n1. The number of hydrogen-bond acceptors (Lipinski definition) is 9. The summed E-state index contributed by atoms with van der Waals surface area (Å²) in [5.41, 5.74) is 0.805. The molecule has 1 amide bonds. The zero-order valence-electron chi connectivity index (χ0n) is 17.3. The number of carbonyl (C=O) groups is 1. The third kappa shape index (κ3) is 5.57.